The third-order valence-electron chi connectivity index (χ3n) is 2.79. The van der Waals surface area contributed by atoms with Crippen molar-refractivity contribution in [2.45, 2.75) is 32.7 Å². The number of hydrogen-bond donors (Lipinski definition) is 1. The molecule has 2 nitrogen and oxygen atoms in total. The molecule has 3 heteroatoms. The number of nitrogens with zero attached hydrogens (tertiary/aromatic N) is 1. The molecule has 2 rings (SSSR count). The third kappa shape index (κ3) is 1.84. The molecule has 1 aromatic rings. The Morgan fingerprint density at radius 3 is 3.00 bits per heavy atom. The minimum absolute atomic E-state index is 0.138. The van der Waals surface area contributed by atoms with Crippen LogP contribution in [0.25, 0.3) is 0 Å². The Kier molecular flexibility index (Phi) is 2.40. The second-order valence-electron chi connectivity index (χ2n) is 4.84. The van der Waals surface area contributed by atoms with Crippen molar-refractivity contribution in [3.63, 3.8) is 0 Å². The van der Waals surface area contributed by atoms with Crippen LogP contribution in [0.4, 0.5) is 0 Å². The molecule has 0 radical (unpaired) electrons. The van der Waals surface area contributed by atoms with Crippen molar-refractivity contribution in [2.24, 2.45) is 11.1 Å². The van der Waals surface area contributed by atoms with Gasteiger partial charge in [-0.25, -0.2) is 0 Å². The number of halogens is 1. The fourth-order valence-electron chi connectivity index (χ4n) is 2.18. The summed E-state index contributed by atoms with van der Waals surface area (Å²) in [5, 5.41) is 0. The van der Waals surface area contributed by atoms with E-state index in [0.717, 1.165) is 23.0 Å². The lowest BCUT2D eigenvalue weighted by atomic mass is 9.74. The van der Waals surface area contributed by atoms with Crippen LogP contribution in [0.1, 0.15) is 37.6 Å². The Morgan fingerprint density at radius 1 is 1.57 bits per heavy atom. The minimum Gasteiger partial charge on any atom is -0.324 e. The fourth-order valence-corrected chi connectivity index (χ4v) is 2.53. The maximum Gasteiger partial charge on any atom is 0.0457 e. The van der Waals surface area contributed by atoms with Crippen molar-refractivity contribution in [3.8, 4) is 0 Å². The lowest BCUT2D eigenvalue weighted by Crippen LogP contribution is -2.30. The van der Waals surface area contributed by atoms with Gasteiger partial charge in [0.2, 0.25) is 0 Å². The zero-order valence-corrected chi connectivity index (χ0v) is 10.1. The maximum atomic E-state index is 6.13. The largest absolute Gasteiger partial charge is 0.324 e. The van der Waals surface area contributed by atoms with E-state index in [1.807, 2.05) is 6.20 Å². The highest BCUT2D eigenvalue weighted by Gasteiger charge is 2.31. The van der Waals surface area contributed by atoms with Crippen molar-refractivity contribution >= 4 is 15.9 Å². The molecule has 76 valence electrons. The second kappa shape index (κ2) is 3.31. The van der Waals surface area contributed by atoms with Gasteiger partial charge >= 0.3 is 0 Å². The van der Waals surface area contributed by atoms with Crippen LogP contribution in [0, 0.1) is 5.41 Å². The summed E-state index contributed by atoms with van der Waals surface area (Å²) in [7, 11) is 0. The van der Waals surface area contributed by atoms with Crippen LogP contribution < -0.4 is 5.73 Å². The van der Waals surface area contributed by atoms with Crippen LogP contribution >= 0.6 is 15.9 Å². The zero-order chi connectivity index (χ0) is 10.3. The topological polar surface area (TPSA) is 38.9 Å². The van der Waals surface area contributed by atoms with Crippen molar-refractivity contribution in [1.29, 1.82) is 0 Å². The molecular weight excluding hydrogens is 240 g/mol. The van der Waals surface area contributed by atoms with E-state index >= 15 is 0 Å². The van der Waals surface area contributed by atoms with Gasteiger partial charge in [-0.05, 0) is 45.8 Å². The van der Waals surface area contributed by atoms with E-state index in [4.69, 9.17) is 5.73 Å². The summed E-state index contributed by atoms with van der Waals surface area (Å²) in [6, 6.07) is 2.24. The highest BCUT2D eigenvalue weighted by atomic mass is 79.9. The van der Waals surface area contributed by atoms with E-state index in [-0.39, 0.29) is 11.5 Å². The number of rotatable bonds is 0. The molecule has 0 fully saturated rings. The normalized spacial score (nSPS) is 24.4. The summed E-state index contributed by atoms with van der Waals surface area (Å²) >= 11 is 3.43. The standard InChI is InChI=1S/C11H15BrN2/c1-11(2)4-9(13)8-3-7(12)6-14-10(8)5-11/h3,6,9H,4-5,13H2,1-2H3. The summed E-state index contributed by atoms with van der Waals surface area (Å²) < 4.78 is 1.02. The Balaban J connectivity index is 2.45. The van der Waals surface area contributed by atoms with E-state index in [9.17, 15) is 0 Å². The van der Waals surface area contributed by atoms with Crippen LogP contribution in [-0.2, 0) is 6.42 Å². The zero-order valence-electron chi connectivity index (χ0n) is 8.55. The third-order valence-corrected chi connectivity index (χ3v) is 3.22. The molecule has 1 aliphatic rings. The molecular formula is C11H15BrN2. The van der Waals surface area contributed by atoms with Crippen LogP contribution in [0.2, 0.25) is 0 Å². The van der Waals surface area contributed by atoms with Gasteiger partial charge in [-0.3, -0.25) is 4.98 Å². The SMILES string of the molecule is CC1(C)Cc2ncc(Br)cc2C(N)C1. The van der Waals surface area contributed by atoms with Crippen LogP contribution in [0.15, 0.2) is 16.7 Å². The summed E-state index contributed by atoms with van der Waals surface area (Å²) in [5.41, 5.74) is 8.79. The fraction of sp³-hybridized carbons (Fsp3) is 0.545. The van der Waals surface area contributed by atoms with Gasteiger partial charge in [0.1, 0.15) is 0 Å². The molecule has 1 heterocycles. The average Bonchev–Trinajstić information content (AvgIpc) is 2.05. The van der Waals surface area contributed by atoms with Gasteiger partial charge in [-0.1, -0.05) is 13.8 Å². The quantitative estimate of drug-likeness (QED) is 0.774. The van der Waals surface area contributed by atoms with Gasteiger partial charge < -0.3 is 5.73 Å². The molecule has 1 unspecified atom stereocenters. The van der Waals surface area contributed by atoms with Crippen molar-refractivity contribution in [2.75, 3.05) is 0 Å². The number of hydrogen-bond acceptors (Lipinski definition) is 2. The Bertz CT molecular complexity index is 360. The molecule has 1 atom stereocenters. The summed E-state index contributed by atoms with van der Waals surface area (Å²) in [5.74, 6) is 0. The van der Waals surface area contributed by atoms with Crippen LogP contribution in [0.5, 0.6) is 0 Å². The van der Waals surface area contributed by atoms with Crippen molar-refractivity contribution in [1.82, 2.24) is 4.98 Å². The van der Waals surface area contributed by atoms with Gasteiger partial charge in [0.05, 0.1) is 0 Å². The number of aromatic nitrogens is 1. The van der Waals surface area contributed by atoms with Crippen molar-refractivity contribution in [3.05, 3.63) is 28.0 Å². The lowest BCUT2D eigenvalue weighted by molar-refractivity contribution is 0.278. The average molecular weight is 255 g/mol. The van der Waals surface area contributed by atoms with Gasteiger partial charge in [-0.15, -0.1) is 0 Å². The lowest BCUT2D eigenvalue weighted by Gasteiger charge is -2.34. The summed E-state index contributed by atoms with van der Waals surface area (Å²) in [6.45, 7) is 4.50. The van der Waals surface area contributed by atoms with E-state index < -0.39 is 0 Å². The molecule has 1 aromatic heterocycles. The molecule has 0 amide bonds. The van der Waals surface area contributed by atoms with Gasteiger partial charge in [-0.2, -0.15) is 0 Å². The molecule has 0 aromatic carbocycles. The molecule has 1 aliphatic carbocycles. The second-order valence-corrected chi connectivity index (χ2v) is 5.76. The van der Waals surface area contributed by atoms with Crippen molar-refractivity contribution < 1.29 is 0 Å². The predicted octanol–water partition coefficient (Wildman–Crippen LogP) is 2.82. The Hall–Kier alpha value is -0.410. The summed E-state index contributed by atoms with van der Waals surface area (Å²) in [4.78, 5) is 4.44. The first kappa shape index (κ1) is 10.1. The van der Waals surface area contributed by atoms with E-state index in [0.29, 0.717) is 0 Å². The molecule has 14 heavy (non-hydrogen) atoms. The van der Waals surface area contributed by atoms with E-state index in [1.165, 1.54) is 5.56 Å². The van der Waals surface area contributed by atoms with Crippen LogP contribution in [-0.4, -0.2) is 4.98 Å². The number of fused-ring (bicyclic) bond motifs is 1. The number of nitrogens with two attached hydrogens (primary N) is 1. The highest BCUT2D eigenvalue weighted by Crippen LogP contribution is 2.39. The molecule has 2 N–H and O–H groups in total. The Labute approximate surface area is 93.0 Å². The molecule has 0 saturated carbocycles. The monoisotopic (exact) mass is 254 g/mol. The molecule has 0 aliphatic heterocycles. The van der Waals surface area contributed by atoms with Crippen LogP contribution in [0.3, 0.4) is 0 Å². The molecule has 0 spiro atoms. The predicted molar refractivity (Wildman–Crippen MR) is 61.0 cm³/mol. The summed E-state index contributed by atoms with van der Waals surface area (Å²) in [6.07, 6.45) is 3.92. The maximum absolute atomic E-state index is 6.13. The van der Waals surface area contributed by atoms with E-state index in [1.54, 1.807) is 0 Å². The van der Waals surface area contributed by atoms with Gasteiger partial charge in [0.25, 0.3) is 0 Å². The first-order chi connectivity index (χ1) is 6.48. The Morgan fingerprint density at radius 2 is 2.29 bits per heavy atom. The highest BCUT2D eigenvalue weighted by molar-refractivity contribution is 9.10. The smallest absolute Gasteiger partial charge is 0.0457 e. The first-order valence-electron chi connectivity index (χ1n) is 4.88. The minimum atomic E-state index is 0.138. The van der Waals surface area contributed by atoms with E-state index in [2.05, 4.69) is 40.8 Å². The van der Waals surface area contributed by atoms with Gasteiger partial charge in [0.15, 0.2) is 0 Å². The van der Waals surface area contributed by atoms with Gasteiger partial charge in [0, 0.05) is 22.4 Å². The molecule has 0 bridgehead atoms. The molecule has 0 saturated heterocycles. The first-order valence-corrected chi connectivity index (χ1v) is 5.67. The number of pyridine rings is 1.